The number of ether oxygens (including phenoxy) is 1. The van der Waals surface area contributed by atoms with Gasteiger partial charge in [-0.3, -0.25) is 4.79 Å². The number of benzene rings is 1. The first kappa shape index (κ1) is 12.2. The summed E-state index contributed by atoms with van der Waals surface area (Å²) in [5.74, 6) is 0.545. The zero-order chi connectivity index (χ0) is 12.8. The van der Waals surface area contributed by atoms with Crippen LogP contribution in [0.3, 0.4) is 0 Å². The molecule has 0 N–H and O–H groups in total. The average Bonchev–Trinajstić information content (AvgIpc) is 2.53. The van der Waals surface area contributed by atoms with Crippen molar-refractivity contribution in [3.8, 4) is 5.75 Å². The molecule has 1 aromatic carbocycles. The fourth-order valence-corrected chi connectivity index (χ4v) is 2.23. The van der Waals surface area contributed by atoms with E-state index in [0.717, 1.165) is 23.3 Å². The molecule has 0 radical (unpaired) electrons. The molecular weight excluding hydrogens is 212 g/mol. The van der Waals surface area contributed by atoms with Crippen molar-refractivity contribution in [1.82, 2.24) is 0 Å². The summed E-state index contributed by atoms with van der Waals surface area (Å²) in [6, 6.07) is 4.28. The molecule has 1 aliphatic heterocycles. The van der Waals surface area contributed by atoms with E-state index in [2.05, 4.69) is 39.8 Å². The Balaban J connectivity index is 2.66. The van der Waals surface area contributed by atoms with Crippen LogP contribution in [0.15, 0.2) is 12.1 Å². The summed E-state index contributed by atoms with van der Waals surface area (Å²) >= 11 is 0. The minimum atomic E-state index is -0.127. The quantitative estimate of drug-likeness (QED) is 0.546. The van der Waals surface area contributed by atoms with Gasteiger partial charge >= 0.3 is 5.97 Å². The van der Waals surface area contributed by atoms with E-state index in [9.17, 15) is 4.79 Å². The van der Waals surface area contributed by atoms with Crippen molar-refractivity contribution in [2.75, 3.05) is 0 Å². The minimum Gasteiger partial charge on any atom is -0.425 e. The standard InChI is InChI=1S/C15H20O2/c1-6-10-7-11-9(2)14(16)17-13(11)12(8-10)15(3,4)5/h7-9H,6H2,1-5H3. The third-order valence-corrected chi connectivity index (χ3v) is 3.42. The Morgan fingerprint density at radius 1 is 1.29 bits per heavy atom. The first-order chi connectivity index (χ1) is 7.84. The lowest BCUT2D eigenvalue weighted by Gasteiger charge is -2.22. The van der Waals surface area contributed by atoms with Crippen LogP contribution in [0.5, 0.6) is 5.75 Å². The summed E-state index contributed by atoms with van der Waals surface area (Å²) in [6.07, 6.45) is 0.983. The van der Waals surface area contributed by atoms with Gasteiger partial charge in [0.1, 0.15) is 5.75 Å². The normalized spacial score (nSPS) is 19.1. The van der Waals surface area contributed by atoms with Gasteiger partial charge in [-0.2, -0.15) is 0 Å². The number of carbonyl (C=O) groups excluding carboxylic acids is 1. The second-order valence-electron chi connectivity index (χ2n) is 5.81. The van der Waals surface area contributed by atoms with Gasteiger partial charge in [-0.15, -0.1) is 0 Å². The van der Waals surface area contributed by atoms with Gasteiger partial charge < -0.3 is 4.74 Å². The van der Waals surface area contributed by atoms with Gasteiger partial charge in [0, 0.05) is 11.1 Å². The Hall–Kier alpha value is -1.31. The molecule has 1 aromatic rings. The van der Waals surface area contributed by atoms with Crippen LogP contribution in [0, 0.1) is 0 Å². The number of hydrogen-bond donors (Lipinski definition) is 0. The highest BCUT2D eigenvalue weighted by Crippen LogP contribution is 2.43. The van der Waals surface area contributed by atoms with Crippen molar-refractivity contribution in [3.63, 3.8) is 0 Å². The van der Waals surface area contributed by atoms with E-state index in [1.807, 2.05) is 6.92 Å². The molecule has 17 heavy (non-hydrogen) atoms. The molecule has 0 saturated carbocycles. The van der Waals surface area contributed by atoms with Crippen molar-refractivity contribution >= 4 is 5.97 Å². The molecule has 0 aliphatic carbocycles. The summed E-state index contributed by atoms with van der Waals surface area (Å²) in [4.78, 5) is 11.7. The first-order valence-corrected chi connectivity index (χ1v) is 6.23. The molecule has 1 atom stereocenters. The van der Waals surface area contributed by atoms with E-state index in [-0.39, 0.29) is 17.3 Å². The predicted octanol–water partition coefficient (Wildman–Crippen LogP) is 3.57. The van der Waals surface area contributed by atoms with Crippen molar-refractivity contribution in [2.45, 2.75) is 52.4 Å². The van der Waals surface area contributed by atoms with Gasteiger partial charge in [-0.1, -0.05) is 39.8 Å². The van der Waals surface area contributed by atoms with Crippen molar-refractivity contribution in [3.05, 3.63) is 28.8 Å². The Bertz CT molecular complexity index is 467. The lowest BCUT2D eigenvalue weighted by molar-refractivity contribution is -0.133. The summed E-state index contributed by atoms with van der Waals surface area (Å²) in [5, 5.41) is 0. The number of carbonyl (C=O) groups is 1. The van der Waals surface area contributed by atoms with Crippen LogP contribution >= 0.6 is 0 Å². The monoisotopic (exact) mass is 232 g/mol. The van der Waals surface area contributed by atoms with Crippen molar-refractivity contribution < 1.29 is 9.53 Å². The molecule has 0 fully saturated rings. The van der Waals surface area contributed by atoms with Crippen LogP contribution in [-0.2, 0) is 16.6 Å². The number of fused-ring (bicyclic) bond motifs is 1. The van der Waals surface area contributed by atoms with Gasteiger partial charge in [0.05, 0.1) is 5.92 Å². The third-order valence-electron chi connectivity index (χ3n) is 3.42. The van der Waals surface area contributed by atoms with Gasteiger partial charge in [0.15, 0.2) is 0 Å². The van der Waals surface area contributed by atoms with E-state index in [1.165, 1.54) is 5.56 Å². The van der Waals surface area contributed by atoms with Gasteiger partial charge in [0.2, 0.25) is 0 Å². The molecule has 0 spiro atoms. The zero-order valence-corrected chi connectivity index (χ0v) is 11.3. The smallest absolute Gasteiger partial charge is 0.318 e. The highest BCUT2D eigenvalue weighted by molar-refractivity contribution is 5.86. The molecule has 2 heteroatoms. The summed E-state index contributed by atoms with van der Waals surface area (Å²) in [7, 11) is 0. The van der Waals surface area contributed by atoms with E-state index in [4.69, 9.17) is 4.74 Å². The Morgan fingerprint density at radius 3 is 2.47 bits per heavy atom. The maximum absolute atomic E-state index is 11.7. The number of hydrogen-bond acceptors (Lipinski definition) is 2. The number of aryl methyl sites for hydroxylation is 1. The van der Waals surface area contributed by atoms with Crippen LogP contribution in [0.1, 0.15) is 57.2 Å². The van der Waals surface area contributed by atoms with E-state index < -0.39 is 0 Å². The predicted molar refractivity (Wildman–Crippen MR) is 68.6 cm³/mol. The van der Waals surface area contributed by atoms with Gasteiger partial charge in [0.25, 0.3) is 0 Å². The van der Waals surface area contributed by atoms with Crippen molar-refractivity contribution in [2.24, 2.45) is 0 Å². The van der Waals surface area contributed by atoms with Crippen LogP contribution < -0.4 is 4.74 Å². The fraction of sp³-hybridized carbons (Fsp3) is 0.533. The average molecular weight is 232 g/mol. The molecule has 0 bridgehead atoms. The van der Waals surface area contributed by atoms with Crippen LogP contribution in [0.25, 0.3) is 0 Å². The van der Waals surface area contributed by atoms with E-state index in [1.54, 1.807) is 0 Å². The lowest BCUT2D eigenvalue weighted by atomic mass is 9.83. The fourth-order valence-electron chi connectivity index (χ4n) is 2.23. The second kappa shape index (κ2) is 3.86. The van der Waals surface area contributed by atoms with Gasteiger partial charge in [-0.05, 0) is 24.3 Å². The van der Waals surface area contributed by atoms with Crippen LogP contribution in [-0.4, -0.2) is 5.97 Å². The molecule has 92 valence electrons. The molecule has 0 aromatic heterocycles. The third kappa shape index (κ3) is 1.97. The molecule has 0 saturated heterocycles. The Kier molecular flexibility index (Phi) is 2.76. The lowest BCUT2D eigenvalue weighted by Crippen LogP contribution is -2.13. The zero-order valence-electron chi connectivity index (χ0n) is 11.3. The Labute approximate surface area is 103 Å². The van der Waals surface area contributed by atoms with Crippen molar-refractivity contribution in [1.29, 1.82) is 0 Å². The van der Waals surface area contributed by atoms with Crippen LogP contribution in [0.2, 0.25) is 0 Å². The van der Waals surface area contributed by atoms with E-state index >= 15 is 0 Å². The van der Waals surface area contributed by atoms with E-state index in [0.29, 0.717) is 0 Å². The molecule has 2 nitrogen and oxygen atoms in total. The maximum atomic E-state index is 11.7. The highest BCUT2D eigenvalue weighted by atomic mass is 16.5. The van der Waals surface area contributed by atoms with Crippen LogP contribution in [0.4, 0.5) is 0 Å². The topological polar surface area (TPSA) is 26.3 Å². The molecule has 2 rings (SSSR count). The van der Waals surface area contributed by atoms with Gasteiger partial charge in [-0.25, -0.2) is 0 Å². The molecule has 1 unspecified atom stereocenters. The molecule has 1 heterocycles. The molecular formula is C15H20O2. The maximum Gasteiger partial charge on any atom is 0.318 e. The molecule has 1 aliphatic rings. The Morgan fingerprint density at radius 2 is 1.94 bits per heavy atom. The summed E-state index contributed by atoms with van der Waals surface area (Å²) < 4.78 is 5.44. The summed E-state index contributed by atoms with van der Waals surface area (Å²) in [5.41, 5.74) is 3.47. The first-order valence-electron chi connectivity index (χ1n) is 6.23. The molecule has 0 amide bonds. The number of esters is 1. The SMILES string of the molecule is CCc1cc2c(c(C(C)(C)C)c1)OC(=O)C2C. The second-order valence-corrected chi connectivity index (χ2v) is 5.81. The largest absolute Gasteiger partial charge is 0.425 e. The summed E-state index contributed by atoms with van der Waals surface area (Å²) in [6.45, 7) is 10.5. The number of rotatable bonds is 1. The highest BCUT2D eigenvalue weighted by Gasteiger charge is 2.34. The minimum absolute atomic E-state index is 0.000394.